The first-order chi connectivity index (χ1) is 5.75. The molecule has 1 nitrogen and oxygen atoms in total. The molecule has 0 radical (unpaired) electrons. The average Bonchev–Trinajstić information content (AvgIpc) is 2.05. The molecule has 0 spiro atoms. The van der Waals surface area contributed by atoms with Gasteiger partial charge in [-0.2, -0.15) is 0 Å². The maximum atomic E-state index is 13.2. The first-order valence-corrected chi connectivity index (χ1v) is 4.51. The van der Waals surface area contributed by atoms with Gasteiger partial charge in [-0.15, -0.1) is 0 Å². The van der Waals surface area contributed by atoms with E-state index in [0.717, 1.165) is 18.4 Å². The number of hydrogen-bond donors (Lipinski definition) is 1. The van der Waals surface area contributed by atoms with Gasteiger partial charge in [-0.25, -0.2) is 4.39 Å². The lowest BCUT2D eigenvalue weighted by Crippen LogP contribution is -2.09. The van der Waals surface area contributed by atoms with E-state index in [1.807, 2.05) is 19.1 Å². The molecule has 1 aliphatic carbocycles. The van der Waals surface area contributed by atoms with Gasteiger partial charge in [-0.3, -0.25) is 0 Å². The Morgan fingerprint density at radius 3 is 3.00 bits per heavy atom. The molecule has 0 aromatic rings. The van der Waals surface area contributed by atoms with E-state index in [4.69, 9.17) is 5.73 Å². The number of hydrogen-bond acceptors (Lipinski definition) is 1. The lowest BCUT2D eigenvalue weighted by atomic mass is 9.92. The van der Waals surface area contributed by atoms with Crippen molar-refractivity contribution in [1.82, 2.24) is 0 Å². The van der Waals surface area contributed by atoms with Gasteiger partial charge < -0.3 is 5.73 Å². The summed E-state index contributed by atoms with van der Waals surface area (Å²) in [6.45, 7) is 2.66. The average molecular weight is 169 g/mol. The third-order valence-corrected chi connectivity index (χ3v) is 2.27. The first kappa shape index (κ1) is 9.46. The van der Waals surface area contributed by atoms with Crippen molar-refractivity contribution < 1.29 is 4.39 Å². The van der Waals surface area contributed by atoms with Gasteiger partial charge in [0.05, 0.1) is 0 Å². The van der Waals surface area contributed by atoms with Crippen molar-refractivity contribution in [2.45, 2.75) is 26.2 Å². The van der Waals surface area contributed by atoms with E-state index in [9.17, 15) is 4.39 Å². The highest BCUT2D eigenvalue weighted by Gasteiger charge is 2.13. The van der Waals surface area contributed by atoms with Crippen LogP contribution in [0.2, 0.25) is 0 Å². The van der Waals surface area contributed by atoms with Crippen LogP contribution in [0.4, 0.5) is 4.39 Å². The molecule has 68 valence electrons. The fourth-order valence-corrected chi connectivity index (χ4v) is 1.49. The summed E-state index contributed by atoms with van der Waals surface area (Å²) in [6.07, 6.45) is 6.21. The van der Waals surface area contributed by atoms with Crippen LogP contribution in [0.5, 0.6) is 0 Å². The molecule has 2 heteroatoms. The van der Waals surface area contributed by atoms with Gasteiger partial charge in [0.25, 0.3) is 0 Å². The van der Waals surface area contributed by atoms with Crippen LogP contribution in [0, 0.1) is 5.92 Å². The van der Waals surface area contributed by atoms with Gasteiger partial charge >= 0.3 is 0 Å². The van der Waals surface area contributed by atoms with Crippen molar-refractivity contribution in [1.29, 1.82) is 0 Å². The summed E-state index contributed by atoms with van der Waals surface area (Å²) in [4.78, 5) is 0. The van der Waals surface area contributed by atoms with E-state index in [1.54, 1.807) is 0 Å². The van der Waals surface area contributed by atoms with Crippen LogP contribution in [0.3, 0.4) is 0 Å². The third kappa shape index (κ3) is 2.18. The minimum Gasteiger partial charge on any atom is -0.330 e. The van der Waals surface area contributed by atoms with Gasteiger partial charge in [-0.1, -0.05) is 19.1 Å². The molecule has 1 rings (SSSR count). The van der Waals surface area contributed by atoms with E-state index in [0.29, 0.717) is 13.0 Å². The summed E-state index contributed by atoms with van der Waals surface area (Å²) in [7, 11) is 0. The van der Waals surface area contributed by atoms with Crippen molar-refractivity contribution in [3.63, 3.8) is 0 Å². The molecule has 0 saturated carbocycles. The minimum atomic E-state index is 0.0541. The predicted molar refractivity (Wildman–Crippen MR) is 49.3 cm³/mol. The number of nitrogens with two attached hydrogens (primary N) is 1. The number of rotatable bonds is 3. The van der Waals surface area contributed by atoms with Crippen LogP contribution in [0.15, 0.2) is 23.6 Å². The Balaban J connectivity index is 2.65. The summed E-state index contributed by atoms with van der Waals surface area (Å²) in [5.41, 5.74) is 6.27. The molecule has 0 aliphatic heterocycles. The SMILES string of the molecule is C[C@@H](CCN)C1=C(F)CCC=C1. The standard InChI is InChI=1S/C10H16FN/c1-8(6-7-12)9-4-2-3-5-10(9)11/h2,4,8H,3,5-7,12H2,1H3/t8-/m0/s1. The zero-order valence-electron chi connectivity index (χ0n) is 7.52. The van der Waals surface area contributed by atoms with E-state index in [1.165, 1.54) is 0 Å². The third-order valence-electron chi connectivity index (χ3n) is 2.27. The molecule has 1 atom stereocenters. The van der Waals surface area contributed by atoms with Crippen LogP contribution in [0.25, 0.3) is 0 Å². The Labute approximate surface area is 73.1 Å². The van der Waals surface area contributed by atoms with E-state index in [-0.39, 0.29) is 11.7 Å². The summed E-state index contributed by atoms with van der Waals surface area (Å²) in [6, 6.07) is 0. The molecule has 0 amide bonds. The van der Waals surface area contributed by atoms with Crippen molar-refractivity contribution in [3.8, 4) is 0 Å². The second kappa shape index (κ2) is 4.41. The van der Waals surface area contributed by atoms with Crippen LogP contribution < -0.4 is 5.73 Å². The molecule has 0 aromatic carbocycles. The second-order valence-corrected chi connectivity index (χ2v) is 3.28. The summed E-state index contributed by atoms with van der Waals surface area (Å²) in [5, 5.41) is 0. The molecule has 0 unspecified atom stereocenters. The number of allylic oxidation sites excluding steroid dienone is 4. The Bertz CT molecular complexity index is 206. The Morgan fingerprint density at radius 2 is 2.42 bits per heavy atom. The van der Waals surface area contributed by atoms with E-state index in [2.05, 4.69) is 0 Å². The molecule has 0 bridgehead atoms. The molecule has 1 aliphatic rings. The van der Waals surface area contributed by atoms with Gasteiger partial charge in [0.15, 0.2) is 0 Å². The van der Waals surface area contributed by atoms with Crippen LogP contribution in [-0.2, 0) is 0 Å². The quantitative estimate of drug-likeness (QED) is 0.690. The smallest absolute Gasteiger partial charge is 0.104 e. The molecule has 12 heavy (non-hydrogen) atoms. The Kier molecular flexibility index (Phi) is 3.48. The maximum absolute atomic E-state index is 13.2. The molecule has 0 fully saturated rings. The molecular formula is C10H16FN. The van der Waals surface area contributed by atoms with E-state index >= 15 is 0 Å². The molecule has 2 N–H and O–H groups in total. The lowest BCUT2D eigenvalue weighted by molar-refractivity contribution is 0.533. The maximum Gasteiger partial charge on any atom is 0.104 e. The van der Waals surface area contributed by atoms with Crippen LogP contribution in [0.1, 0.15) is 26.2 Å². The Morgan fingerprint density at radius 1 is 1.67 bits per heavy atom. The van der Waals surface area contributed by atoms with Gasteiger partial charge in [0, 0.05) is 6.42 Å². The van der Waals surface area contributed by atoms with Gasteiger partial charge in [0.2, 0.25) is 0 Å². The van der Waals surface area contributed by atoms with Crippen molar-refractivity contribution in [2.24, 2.45) is 11.7 Å². The van der Waals surface area contributed by atoms with Crippen LogP contribution >= 0.6 is 0 Å². The van der Waals surface area contributed by atoms with Crippen molar-refractivity contribution in [2.75, 3.05) is 6.54 Å². The largest absolute Gasteiger partial charge is 0.330 e. The highest BCUT2D eigenvalue weighted by molar-refractivity contribution is 5.27. The summed E-state index contributed by atoms with van der Waals surface area (Å²) < 4.78 is 13.2. The zero-order chi connectivity index (χ0) is 8.97. The predicted octanol–water partition coefficient (Wildman–Crippen LogP) is 2.54. The minimum absolute atomic E-state index is 0.0541. The highest BCUT2D eigenvalue weighted by Crippen LogP contribution is 2.27. The fraction of sp³-hybridized carbons (Fsp3) is 0.600. The normalized spacial score (nSPS) is 19.9. The topological polar surface area (TPSA) is 26.0 Å². The molecular weight excluding hydrogens is 153 g/mol. The van der Waals surface area contributed by atoms with Crippen molar-refractivity contribution >= 4 is 0 Å². The van der Waals surface area contributed by atoms with Crippen molar-refractivity contribution in [3.05, 3.63) is 23.6 Å². The van der Waals surface area contributed by atoms with Crippen LogP contribution in [-0.4, -0.2) is 6.54 Å². The zero-order valence-corrected chi connectivity index (χ0v) is 7.52. The first-order valence-electron chi connectivity index (χ1n) is 4.51. The number of halogens is 1. The second-order valence-electron chi connectivity index (χ2n) is 3.28. The molecule has 0 aromatic heterocycles. The van der Waals surface area contributed by atoms with E-state index < -0.39 is 0 Å². The molecule has 0 heterocycles. The monoisotopic (exact) mass is 169 g/mol. The molecule has 0 saturated heterocycles. The highest BCUT2D eigenvalue weighted by atomic mass is 19.1. The summed E-state index contributed by atoms with van der Waals surface area (Å²) in [5.74, 6) is 0.324. The lowest BCUT2D eigenvalue weighted by Gasteiger charge is -2.15. The Hall–Kier alpha value is -0.630. The summed E-state index contributed by atoms with van der Waals surface area (Å²) >= 11 is 0. The fourth-order valence-electron chi connectivity index (χ4n) is 1.49. The van der Waals surface area contributed by atoms with Gasteiger partial charge in [0.1, 0.15) is 5.83 Å². The van der Waals surface area contributed by atoms with Gasteiger partial charge in [-0.05, 0) is 30.9 Å².